The van der Waals surface area contributed by atoms with Gasteiger partial charge in [-0.1, -0.05) is 13.8 Å². The zero-order valence-electron chi connectivity index (χ0n) is 8.94. The Kier molecular flexibility index (Phi) is 3.37. The smallest absolute Gasteiger partial charge is 0.311 e. The van der Waals surface area contributed by atoms with Crippen molar-refractivity contribution < 1.29 is 24.5 Å². The first kappa shape index (κ1) is 12.3. The lowest BCUT2D eigenvalue weighted by atomic mass is 9.87. The van der Waals surface area contributed by atoms with Crippen molar-refractivity contribution >= 4 is 5.97 Å². The van der Waals surface area contributed by atoms with Crippen molar-refractivity contribution in [3.8, 4) is 11.5 Å². The van der Waals surface area contributed by atoms with Crippen LogP contribution >= 0.6 is 0 Å². The lowest BCUT2D eigenvalue weighted by Gasteiger charge is -2.18. The molecule has 0 aliphatic heterocycles. The summed E-state index contributed by atoms with van der Waals surface area (Å²) in [6.45, 7) is 3.20. The van der Waals surface area contributed by atoms with Crippen molar-refractivity contribution in [2.75, 3.05) is 0 Å². The molecule has 5 heteroatoms. The third-order valence-electron chi connectivity index (χ3n) is 2.38. The SMILES string of the molecule is CC(C)C(C(=O)O)c1c(O)ccc(O)c1F. The van der Waals surface area contributed by atoms with Gasteiger partial charge in [0, 0.05) is 5.56 Å². The summed E-state index contributed by atoms with van der Waals surface area (Å²) in [5.74, 6) is -5.04. The van der Waals surface area contributed by atoms with Crippen LogP contribution in [0.2, 0.25) is 0 Å². The van der Waals surface area contributed by atoms with Crippen LogP contribution in [0, 0.1) is 11.7 Å². The first-order chi connectivity index (χ1) is 7.36. The van der Waals surface area contributed by atoms with E-state index < -0.39 is 35.1 Å². The highest BCUT2D eigenvalue weighted by molar-refractivity contribution is 5.78. The zero-order chi connectivity index (χ0) is 12.5. The third kappa shape index (κ3) is 2.08. The molecular formula is C11H13FO4. The molecule has 1 aromatic rings. The van der Waals surface area contributed by atoms with E-state index in [-0.39, 0.29) is 5.56 Å². The Bertz CT molecular complexity index is 415. The van der Waals surface area contributed by atoms with Crippen LogP contribution in [0.1, 0.15) is 25.3 Å². The molecule has 4 nitrogen and oxygen atoms in total. The maximum Gasteiger partial charge on any atom is 0.311 e. The molecule has 0 saturated carbocycles. The number of carboxylic acids is 1. The molecule has 0 heterocycles. The van der Waals surface area contributed by atoms with Gasteiger partial charge in [-0.3, -0.25) is 4.79 Å². The van der Waals surface area contributed by atoms with Gasteiger partial charge in [0.25, 0.3) is 0 Å². The Morgan fingerprint density at radius 1 is 1.25 bits per heavy atom. The Morgan fingerprint density at radius 2 is 1.75 bits per heavy atom. The minimum absolute atomic E-state index is 0.373. The lowest BCUT2D eigenvalue weighted by molar-refractivity contribution is -0.140. The quantitative estimate of drug-likeness (QED) is 0.692. The molecule has 0 saturated heterocycles. The van der Waals surface area contributed by atoms with Gasteiger partial charge in [-0.25, -0.2) is 4.39 Å². The van der Waals surface area contributed by atoms with Gasteiger partial charge in [0.15, 0.2) is 11.6 Å². The molecule has 1 atom stereocenters. The van der Waals surface area contributed by atoms with Crippen molar-refractivity contribution in [2.45, 2.75) is 19.8 Å². The summed E-state index contributed by atoms with van der Waals surface area (Å²) in [5, 5.41) is 27.6. The topological polar surface area (TPSA) is 77.8 Å². The number of halogens is 1. The number of aromatic hydroxyl groups is 2. The van der Waals surface area contributed by atoms with Gasteiger partial charge in [-0.2, -0.15) is 0 Å². The highest BCUT2D eigenvalue weighted by Gasteiger charge is 2.30. The van der Waals surface area contributed by atoms with Gasteiger partial charge < -0.3 is 15.3 Å². The van der Waals surface area contributed by atoms with E-state index >= 15 is 0 Å². The van der Waals surface area contributed by atoms with Crippen LogP contribution in [0.25, 0.3) is 0 Å². The number of benzene rings is 1. The van der Waals surface area contributed by atoms with Crippen LogP contribution in [-0.2, 0) is 4.79 Å². The lowest BCUT2D eigenvalue weighted by Crippen LogP contribution is -2.19. The minimum Gasteiger partial charge on any atom is -0.508 e. The van der Waals surface area contributed by atoms with Crippen molar-refractivity contribution in [2.24, 2.45) is 5.92 Å². The Balaban J connectivity index is 3.40. The molecule has 88 valence electrons. The summed E-state index contributed by atoms with van der Waals surface area (Å²) < 4.78 is 13.6. The fraction of sp³-hybridized carbons (Fsp3) is 0.364. The Labute approximate surface area is 92.0 Å². The second-order valence-corrected chi connectivity index (χ2v) is 3.89. The van der Waals surface area contributed by atoms with Crippen molar-refractivity contribution in [1.82, 2.24) is 0 Å². The first-order valence-corrected chi connectivity index (χ1v) is 4.79. The highest BCUT2D eigenvalue weighted by atomic mass is 19.1. The maximum absolute atomic E-state index is 13.6. The molecule has 1 aromatic carbocycles. The number of carbonyl (C=O) groups is 1. The van der Waals surface area contributed by atoms with Gasteiger partial charge in [-0.05, 0) is 18.1 Å². The standard InChI is InChI=1S/C11H13FO4/c1-5(2)8(11(15)16)9-6(13)3-4-7(14)10(9)12/h3-5,8,13-14H,1-2H3,(H,15,16). The number of carboxylic acid groups (broad SMARTS) is 1. The maximum atomic E-state index is 13.6. The van der Waals surface area contributed by atoms with Gasteiger partial charge >= 0.3 is 5.97 Å². The number of hydrogen-bond acceptors (Lipinski definition) is 3. The average molecular weight is 228 g/mol. The van der Waals surface area contributed by atoms with E-state index in [4.69, 9.17) is 10.2 Å². The van der Waals surface area contributed by atoms with Crippen molar-refractivity contribution in [1.29, 1.82) is 0 Å². The van der Waals surface area contributed by atoms with Crippen LogP contribution < -0.4 is 0 Å². The van der Waals surface area contributed by atoms with E-state index in [1.54, 1.807) is 13.8 Å². The van der Waals surface area contributed by atoms with Crippen molar-refractivity contribution in [3.63, 3.8) is 0 Å². The molecule has 0 spiro atoms. The molecule has 0 fully saturated rings. The molecule has 0 amide bonds. The van der Waals surface area contributed by atoms with Crippen LogP contribution in [0.3, 0.4) is 0 Å². The third-order valence-corrected chi connectivity index (χ3v) is 2.38. The summed E-state index contributed by atoms with van der Waals surface area (Å²) in [4.78, 5) is 11.0. The molecule has 3 N–H and O–H groups in total. The predicted molar refractivity (Wildman–Crippen MR) is 54.9 cm³/mol. The summed E-state index contributed by atoms with van der Waals surface area (Å²) in [5.41, 5.74) is -0.373. The fourth-order valence-electron chi connectivity index (χ4n) is 1.61. The molecule has 0 radical (unpaired) electrons. The van der Waals surface area contributed by atoms with E-state index in [2.05, 4.69) is 0 Å². The fourth-order valence-corrected chi connectivity index (χ4v) is 1.61. The number of rotatable bonds is 3. The van der Waals surface area contributed by atoms with E-state index in [0.717, 1.165) is 12.1 Å². The van der Waals surface area contributed by atoms with E-state index in [1.807, 2.05) is 0 Å². The average Bonchev–Trinajstić information content (AvgIpc) is 2.17. The van der Waals surface area contributed by atoms with E-state index in [1.165, 1.54) is 0 Å². The van der Waals surface area contributed by atoms with Gasteiger partial charge in [0.2, 0.25) is 0 Å². The molecule has 0 bridgehead atoms. The molecule has 0 aliphatic rings. The largest absolute Gasteiger partial charge is 0.508 e. The van der Waals surface area contributed by atoms with Gasteiger partial charge in [-0.15, -0.1) is 0 Å². The summed E-state index contributed by atoms with van der Waals surface area (Å²) in [7, 11) is 0. The summed E-state index contributed by atoms with van der Waals surface area (Å²) >= 11 is 0. The normalized spacial score (nSPS) is 12.8. The van der Waals surface area contributed by atoms with Crippen LogP contribution in [0.5, 0.6) is 11.5 Å². The van der Waals surface area contributed by atoms with Crippen LogP contribution in [0.15, 0.2) is 12.1 Å². The van der Waals surface area contributed by atoms with Crippen LogP contribution in [0.4, 0.5) is 4.39 Å². The Hall–Kier alpha value is -1.78. The number of hydrogen-bond donors (Lipinski definition) is 3. The van der Waals surface area contributed by atoms with Crippen LogP contribution in [-0.4, -0.2) is 21.3 Å². The van der Waals surface area contributed by atoms with Crippen molar-refractivity contribution in [3.05, 3.63) is 23.5 Å². The summed E-state index contributed by atoms with van der Waals surface area (Å²) in [6.07, 6.45) is 0. The number of phenols is 2. The molecule has 16 heavy (non-hydrogen) atoms. The first-order valence-electron chi connectivity index (χ1n) is 4.79. The number of phenolic OH excluding ortho intramolecular Hbond substituents is 2. The Morgan fingerprint density at radius 3 is 2.19 bits per heavy atom. The van der Waals surface area contributed by atoms with E-state index in [0.29, 0.717) is 0 Å². The molecule has 0 aliphatic carbocycles. The predicted octanol–water partition coefficient (Wildman–Crippen LogP) is 2.06. The molecule has 1 unspecified atom stereocenters. The minimum atomic E-state index is -1.24. The van der Waals surface area contributed by atoms with E-state index in [9.17, 15) is 14.3 Å². The number of aliphatic carboxylic acids is 1. The monoisotopic (exact) mass is 228 g/mol. The van der Waals surface area contributed by atoms with Gasteiger partial charge in [0.1, 0.15) is 5.75 Å². The van der Waals surface area contributed by atoms with Gasteiger partial charge in [0.05, 0.1) is 5.92 Å². The highest BCUT2D eigenvalue weighted by Crippen LogP contribution is 2.37. The zero-order valence-corrected chi connectivity index (χ0v) is 8.94. The second kappa shape index (κ2) is 4.38. The molecular weight excluding hydrogens is 215 g/mol. The molecule has 1 rings (SSSR count). The second-order valence-electron chi connectivity index (χ2n) is 3.89. The summed E-state index contributed by atoms with van der Waals surface area (Å²) in [6, 6.07) is 2.06. The molecule has 0 aromatic heterocycles.